The predicted molar refractivity (Wildman–Crippen MR) is 120 cm³/mol. The van der Waals surface area contributed by atoms with E-state index in [-0.39, 0.29) is 46.9 Å². The first-order chi connectivity index (χ1) is 16.7. The third kappa shape index (κ3) is 3.04. The van der Waals surface area contributed by atoms with E-state index < -0.39 is 47.4 Å². The number of nitrogens with zero attached hydrogens (tertiary/aromatic N) is 4. The topological polar surface area (TPSA) is 128 Å². The van der Waals surface area contributed by atoms with Crippen LogP contribution >= 0.6 is 11.6 Å². The molecule has 35 heavy (non-hydrogen) atoms. The largest absolute Gasteiger partial charge is 0.372 e. The average Bonchev–Trinajstić information content (AvgIpc) is 3.21. The maximum Gasteiger partial charge on any atom is 0.242 e. The molecular weight excluding hydrogens is 481 g/mol. The number of carbonyl (C=O) groups excluding carboxylic acids is 3. The Hall–Kier alpha value is -3.44. The van der Waals surface area contributed by atoms with Crippen LogP contribution in [0, 0.1) is 11.2 Å². The smallest absolute Gasteiger partial charge is 0.242 e. The molecule has 0 radical (unpaired) electrons. The van der Waals surface area contributed by atoms with Crippen molar-refractivity contribution in [1.82, 2.24) is 20.4 Å². The van der Waals surface area contributed by atoms with Crippen LogP contribution in [0.2, 0.25) is 5.15 Å². The van der Waals surface area contributed by atoms with Crippen LogP contribution in [0.15, 0.2) is 23.0 Å². The molecule has 3 aliphatic rings. The number of nitrogens with one attached hydrogen (secondary N) is 1. The van der Waals surface area contributed by atoms with Crippen molar-refractivity contribution in [2.75, 3.05) is 11.4 Å². The van der Waals surface area contributed by atoms with Crippen molar-refractivity contribution in [3.05, 3.63) is 35.0 Å². The Bertz CT molecular complexity index is 1420. The van der Waals surface area contributed by atoms with Crippen molar-refractivity contribution in [2.24, 2.45) is 5.41 Å². The van der Waals surface area contributed by atoms with E-state index in [2.05, 4.69) is 20.4 Å². The van der Waals surface area contributed by atoms with Gasteiger partial charge in [-0.25, -0.2) is 9.37 Å². The molecule has 2 amide bonds. The molecule has 2 saturated heterocycles. The molecule has 5 heterocycles. The van der Waals surface area contributed by atoms with E-state index in [1.165, 1.54) is 12.4 Å². The number of imide groups is 1. The molecule has 1 spiro atoms. The number of Topliss-reactive ketones (excluding diaryl/α,β-unsaturated/α-hetero) is 1. The van der Waals surface area contributed by atoms with Gasteiger partial charge in [0.05, 0.1) is 48.1 Å². The van der Waals surface area contributed by atoms with Gasteiger partial charge in [-0.2, -0.15) is 0 Å². The maximum atomic E-state index is 16.1. The van der Waals surface area contributed by atoms with Crippen molar-refractivity contribution in [1.29, 1.82) is 0 Å². The van der Waals surface area contributed by atoms with E-state index in [1.54, 1.807) is 17.9 Å². The second-order valence-electron chi connectivity index (χ2n) is 9.21. The van der Waals surface area contributed by atoms with Crippen LogP contribution in [0.4, 0.5) is 10.1 Å². The number of amides is 2. The summed E-state index contributed by atoms with van der Waals surface area (Å²) < 4.78 is 27.4. The first-order valence-corrected chi connectivity index (χ1v) is 11.5. The molecule has 3 aromatic rings. The van der Waals surface area contributed by atoms with Gasteiger partial charge in [-0.1, -0.05) is 16.8 Å². The number of anilines is 1. The maximum absolute atomic E-state index is 16.1. The fourth-order valence-corrected chi connectivity index (χ4v) is 5.93. The van der Waals surface area contributed by atoms with E-state index in [0.717, 1.165) is 0 Å². The molecule has 2 fully saturated rings. The zero-order valence-electron chi connectivity index (χ0n) is 18.7. The SMILES string of the molecule is C[C@@H]1CN2c3c(cc4c(-c5cncc(Cl)n5)noc4c3F)CC3(C(=O)CC(=O)NC3=O)[C@H]2[C@H](C)O1. The summed E-state index contributed by atoms with van der Waals surface area (Å²) in [7, 11) is 0. The number of piperidine rings is 1. The lowest BCUT2D eigenvalue weighted by Gasteiger charge is -2.55. The molecule has 1 aromatic carbocycles. The molecule has 1 N–H and O–H groups in total. The molecule has 180 valence electrons. The van der Waals surface area contributed by atoms with Gasteiger partial charge in [-0.05, 0) is 31.9 Å². The normalized spacial score (nSPS) is 28.3. The number of hydrogen-bond donors (Lipinski definition) is 1. The Balaban J connectivity index is 1.60. The fourth-order valence-electron chi connectivity index (χ4n) is 5.79. The number of aromatic nitrogens is 3. The molecule has 0 saturated carbocycles. The van der Waals surface area contributed by atoms with Crippen molar-refractivity contribution in [3.63, 3.8) is 0 Å². The molecule has 12 heteroatoms. The lowest BCUT2D eigenvalue weighted by molar-refractivity contribution is -0.158. The Morgan fingerprint density at radius 1 is 1.26 bits per heavy atom. The Kier molecular flexibility index (Phi) is 4.74. The average molecular weight is 500 g/mol. The molecule has 0 bridgehead atoms. The summed E-state index contributed by atoms with van der Waals surface area (Å²) in [4.78, 5) is 48.6. The van der Waals surface area contributed by atoms with Gasteiger partial charge in [0.2, 0.25) is 17.4 Å². The van der Waals surface area contributed by atoms with Crippen LogP contribution in [0.3, 0.4) is 0 Å². The summed E-state index contributed by atoms with van der Waals surface area (Å²) in [5.74, 6) is -2.52. The molecule has 1 unspecified atom stereocenters. The quantitative estimate of drug-likeness (QED) is 0.396. The summed E-state index contributed by atoms with van der Waals surface area (Å²) in [6.07, 6.45) is 1.35. The van der Waals surface area contributed by atoms with Crippen LogP contribution in [-0.2, 0) is 25.5 Å². The first-order valence-electron chi connectivity index (χ1n) is 11.1. The van der Waals surface area contributed by atoms with E-state index in [1.807, 2.05) is 6.92 Å². The summed E-state index contributed by atoms with van der Waals surface area (Å²) in [5.41, 5.74) is -0.543. The zero-order valence-corrected chi connectivity index (χ0v) is 19.4. The predicted octanol–water partition coefficient (Wildman–Crippen LogP) is 2.22. The van der Waals surface area contributed by atoms with Crippen LogP contribution in [0.5, 0.6) is 0 Å². The van der Waals surface area contributed by atoms with Crippen molar-refractivity contribution >= 4 is 45.9 Å². The van der Waals surface area contributed by atoms with Gasteiger partial charge in [-0.15, -0.1) is 0 Å². The van der Waals surface area contributed by atoms with Crippen molar-refractivity contribution in [2.45, 2.75) is 44.9 Å². The second-order valence-corrected chi connectivity index (χ2v) is 9.59. The summed E-state index contributed by atoms with van der Waals surface area (Å²) >= 11 is 5.97. The molecule has 3 aliphatic heterocycles. The highest BCUT2D eigenvalue weighted by Crippen LogP contribution is 2.50. The summed E-state index contributed by atoms with van der Waals surface area (Å²) in [6.45, 7) is 3.82. The van der Waals surface area contributed by atoms with Gasteiger partial charge in [-0.3, -0.25) is 24.7 Å². The van der Waals surface area contributed by atoms with Gasteiger partial charge >= 0.3 is 0 Å². The lowest BCUT2D eigenvalue weighted by atomic mass is 9.63. The molecule has 4 atom stereocenters. The van der Waals surface area contributed by atoms with Gasteiger partial charge in [0.25, 0.3) is 0 Å². The Labute approximate surface area is 202 Å². The number of halogens is 2. The van der Waals surface area contributed by atoms with E-state index >= 15 is 4.39 Å². The van der Waals surface area contributed by atoms with Crippen LogP contribution in [0.25, 0.3) is 22.4 Å². The molecular formula is C23H19ClFN5O5. The minimum absolute atomic E-state index is 0.0865. The number of ether oxygens (including phenoxy) is 1. The van der Waals surface area contributed by atoms with Crippen molar-refractivity contribution < 1.29 is 28.0 Å². The van der Waals surface area contributed by atoms with Crippen LogP contribution in [0.1, 0.15) is 25.8 Å². The van der Waals surface area contributed by atoms with Crippen LogP contribution in [-0.4, -0.2) is 57.5 Å². The van der Waals surface area contributed by atoms with Crippen molar-refractivity contribution in [3.8, 4) is 11.4 Å². The highest BCUT2D eigenvalue weighted by Gasteiger charge is 2.62. The number of hydrogen-bond acceptors (Lipinski definition) is 9. The standard InChI is InChI=1S/C23H19ClFN5O5/c1-9-8-30-19-11(5-23(21(30)10(2)34-9)14(31)4-16(32)28-22(23)33)3-12-18(29-35-20(12)17(19)25)13-6-26-7-15(24)27-13/h3,6-7,9-10,21H,4-5,8H2,1-2H3,(H,28,32,33)/t9-,10+,21-,23?/m1/s1. The molecule has 10 nitrogen and oxygen atoms in total. The minimum atomic E-state index is -1.62. The lowest BCUT2D eigenvalue weighted by Crippen LogP contribution is -2.72. The summed E-state index contributed by atoms with van der Waals surface area (Å²) in [5, 5.41) is 6.76. The number of carbonyl (C=O) groups is 3. The number of rotatable bonds is 1. The fraction of sp³-hybridized carbons (Fsp3) is 0.391. The number of benzene rings is 1. The van der Waals surface area contributed by atoms with Gasteiger partial charge in [0.1, 0.15) is 22.0 Å². The second kappa shape index (κ2) is 7.53. The monoisotopic (exact) mass is 499 g/mol. The highest BCUT2D eigenvalue weighted by atomic mass is 35.5. The number of fused-ring (bicyclic) bond motifs is 5. The number of ketones is 1. The van der Waals surface area contributed by atoms with Gasteiger partial charge in [0, 0.05) is 6.54 Å². The molecule has 6 rings (SSSR count). The zero-order chi connectivity index (χ0) is 24.6. The number of morpholine rings is 1. The first kappa shape index (κ1) is 22.1. The van der Waals surface area contributed by atoms with Gasteiger partial charge < -0.3 is 14.2 Å². The molecule has 2 aromatic heterocycles. The minimum Gasteiger partial charge on any atom is -0.372 e. The Morgan fingerprint density at radius 3 is 2.80 bits per heavy atom. The third-order valence-corrected chi connectivity index (χ3v) is 7.21. The third-order valence-electron chi connectivity index (χ3n) is 7.03. The summed E-state index contributed by atoms with van der Waals surface area (Å²) in [6, 6.07) is 0.849. The Morgan fingerprint density at radius 2 is 2.06 bits per heavy atom. The van der Waals surface area contributed by atoms with Crippen LogP contribution < -0.4 is 10.2 Å². The van der Waals surface area contributed by atoms with E-state index in [4.69, 9.17) is 20.9 Å². The van der Waals surface area contributed by atoms with Gasteiger partial charge in [0.15, 0.2) is 11.6 Å². The highest BCUT2D eigenvalue weighted by molar-refractivity contribution is 6.29. The molecule has 0 aliphatic carbocycles. The van der Waals surface area contributed by atoms with E-state index in [9.17, 15) is 14.4 Å². The van der Waals surface area contributed by atoms with E-state index in [0.29, 0.717) is 10.9 Å².